The van der Waals surface area contributed by atoms with Gasteiger partial charge in [0.15, 0.2) is 11.5 Å². The van der Waals surface area contributed by atoms with Gasteiger partial charge in [0.1, 0.15) is 0 Å². The molecule has 0 amide bonds. The molecule has 0 unspecified atom stereocenters. The number of aromatic nitrogens is 2. The van der Waals surface area contributed by atoms with Crippen molar-refractivity contribution < 1.29 is 9.47 Å². The van der Waals surface area contributed by atoms with Crippen LogP contribution in [0, 0.1) is 0 Å². The molecule has 5 heteroatoms. The second kappa shape index (κ2) is 4.10. The first-order chi connectivity index (χ1) is 8.36. The fourth-order valence-electron chi connectivity index (χ4n) is 1.90. The molecule has 88 valence electrons. The maximum absolute atomic E-state index is 5.63. The largest absolute Gasteiger partial charge is 0.454 e. The molecule has 0 atom stereocenters. The van der Waals surface area contributed by atoms with Gasteiger partial charge in [-0.3, -0.25) is 0 Å². The first-order valence-electron chi connectivity index (χ1n) is 5.44. The Hall–Kier alpha value is -2.01. The van der Waals surface area contributed by atoms with Crippen LogP contribution in [0.25, 0.3) is 0 Å². The van der Waals surface area contributed by atoms with Gasteiger partial charge in [0.05, 0.1) is 12.0 Å². The Labute approximate surface area is 98.8 Å². The monoisotopic (exact) mass is 231 g/mol. The van der Waals surface area contributed by atoms with Gasteiger partial charge in [-0.15, -0.1) is 0 Å². The van der Waals surface area contributed by atoms with E-state index in [1.165, 1.54) is 0 Å². The third kappa shape index (κ3) is 1.85. The van der Waals surface area contributed by atoms with E-state index in [9.17, 15) is 0 Å². The summed E-state index contributed by atoms with van der Waals surface area (Å²) in [4.78, 5) is 4.09. The first-order valence-corrected chi connectivity index (χ1v) is 5.44. The van der Waals surface area contributed by atoms with Crippen LogP contribution in [0.5, 0.6) is 11.5 Å². The summed E-state index contributed by atoms with van der Waals surface area (Å²) in [5, 5.41) is 0. The topological polar surface area (TPSA) is 62.3 Å². The molecule has 1 aliphatic heterocycles. The number of ether oxygens (including phenoxy) is 2. The van der Waals surface area contributed by atoms with Crippen LogP contribution < -0.4 is 15.2 Å². The molecular formula is C12H13N3O2. The van der Waals surface area contributed by atoms with Crippen molar-refractivity contribution in [1.82, 2.24) is 9.55 Å². The average molecular weight is 231 g/mol. The van der Waals surface area contributed by atoms with Crippen LogP contribution in [0.4, 0.5) is 0 Å². The minimum Gasteiger partial charge on any atom is -0.454 e. The molecule has 3 rings (SSSR count). The zero-order chi connectivity index (χ0) is 11.7. The van der Waals surface area contributed by atoms with E-state index in [-0.39, 0.29) is 0 Å². The zero-order valence-corrected chi connectivity index (χ0v) is 9.30. The molecule has 1 aromatic heterocycles. The molecule has 2 heterocycles. The van der Waals surface area contributed by atoms with Gasteiger partial charge in [0.2, 0.25) is 6.79 Å². The van der Waals surface area contributed by atoms with E-state index in [4.69, 9.17) is 15.2 Å². The number of nitrogens with two attached hydrogens (primary N) is 1. The lowest BCUT2D eigenvalue weighted by Gasteiger charge is -2.07. The van der Waals surface area contributed by atoms with Crippen LogP contribution in [0.3, 0.4) is 0 Å². The van der Waals surface area contributed by atoms with E-state index in [0.29, 0.717) is 13.3 Å². The molecule has 0 spiro atoms. The van der Waals surface area contributed by atoms with Gasteiger partial charge in [0, 0.05) is 19.3 Å². The van der Waals surface area contributed by atoms with Gasteiger partial charge in [-0.2, -0.15) is 0 Å². The molecule has 0 bridgehead atoms. The lowest BCUT2D eigenvalue weighted by atomic mass is 10.2. The smallest absolute Gasteiger partial charge is 0.231 e. The molecule has 5 nitrogen and oxygen atoms in total. The Balaban J connectivity index is 1.86. The number of benzene rings is 1. The lowest BCUT2D eigenvalue weighted by molar-refractivity contribution is 0.174. The third-order valence-corrected chi connectivity index (χ3v) is 2.80. The zero-order valence-electron chi connectivity index (χ0n) is 9.30. The fraction of sp³-hybridized carbons (Fsp3) is 0.250. The summed E-state index contributed by atoms with van der Waals surface area (Å²) in [5.41, 5.74) is 7.79. The summed E-state index contributed by atoms with van der Waals surface area (Å²) in [6.07, 6.45) is 3.57. The van der Waals surface area contributed by atoms with Crippen molar-refractivity contribution in [3.05, 3.63) is 42.0 Å². The fourth-order valence-corrected chi connectivity index (χ4v) is 1.90. The van der Waals surface area contributed by atoms with Crippen LogP contribution >= 0.6 is 0 Å². The van der Waals surface area contributed by atoms with Gasteiger partial charge < -0.3 is 19.8 Å². The highest BCUT2D eigenvalue weighted by Gasteiger charge is 2.13. The summed E-state index contributed by atoms with van der Waals surface area (Å²) in [6.45, 7) is 1.53. The second-order valence-electron chi connectivity index (χ2n) is 3.90. The minimum atomic E-state index is 0.303. The highest BCUT2D eigenvalue weighted by Crippen LogP contribution is 2.32. The van der Waals surface area contributed by atoms with Crippen LogP contribution in [0.15, 0.2) is 30.7 Å². The van der Waals surface area contributed by atoms with E-state index in [1.807, 2.05) is 22.8 Å². The number of rotatable bonds is 3. The Bertz CT molecular complexity index is 536. The normalized spacial score (nSPS) is 13.0. The van der Waals surface area contributed by atoms with E-state index in [1.54, 1.807) is 12.5 Å². The Kier molecular flexibility index (Phi) is 2.45. The van der Waals surface area contributed by atoms with Crippen molar-refractivity contribution in [2.75, 3.05) is 6.79 Å². The summed E-state index contributed by atoms with van der Waals surface area (Å²) < 4.78 is 12.6. The molecule has 0 saturated heterocycles. The van der Waals surface area contributed by atoms with E-state index >= 15 is 0 Å². The van der Waals surface area contributed by atoms with E-state index in [0.717, 1.165) is 29.3 Å². The summed E-state index contributed by atoms with van der Waals surface area (Å²) in [7, 11) is 0. The summed E-state index contributed by atoms with van der Waals surface area (Å²) in [5.74, 6) is 1.61. The van der Waals surface area contributed by atoms with Crippen LogP contribution in [-0.2, 0) is 13.1 Å². The van der Waals surface area contributed by atoms with Crippen LogP contribution in [0.1, 0.15) is 11.3 Å². The van der Waals surface area contributed by atoms with E-state index < -0.39 is 0 Å². The van der Waals surface area contributed by atoms with Gasteiger partial charge in [-0.05, 0) is 17.7 Å². The van der Waals surface area contributed by atoms with Crippen molar-refractivity contribution in [3.63, 3.8) is 0 Å². The molecule has 2 N–H and O–H groups in total. The highest BCUT2D eigenvalue weighted by atomic mass is 16.7. The molecule has 1 aliphatic rings. The number of fused-ring (bicyclic) bond motifs is 1. The molecule has 17 heavy (non-hydrogen) atoms. The summed E-state index contributed by atoms with van der Waals surface area (Å²) in [6, 6.07) is 5.94. The van der Waals surface area contributed by atoms with Gasteiger partial charge in [-0.25, -0.2) is 4.98 Å². The number of hydrogen-bond acceptors (Lipinski definition) is 4. The minimum absolute atomic E-state index is 0.303. The van der Waals surface area contributed by atoms with Gasteiger partial charge >= 0.3 is 0 Å². The van der Waals surface area contributed by atoms with Gasteiger partial charge in [0.25, 0.3) is 0 Å². The molecule has 0 aliphatic carbocycles. The SMILES string of the molecule is NCc1cncn1Cc1ccc2c(c1)OCO2. The molecule has 2 aromatic rings. The molecular weight excluding hydrogens is 218 g/mol. The maximum Gasteiger partial charge on any atom is 0.231 e. The Morgan fingerprint density at radius 3 is 3.06 bits per heavy atom. The third-order valence-electron chi connectivity index (χ3n) is 2.80. The van der Waals surface area contributed by atoms with E-state index in [2.05, 4.69) is 4.98 Å². The van der Waals surface area contributed by atoms with Crippen molar-refractivity contribution in [2.45, 2.75) is 13.1 Å². The predicted octanol–water partition coefficient (Wildman–Crippen LogP) is 1.12. The first kappa shape index (κ1) is 10.2. The average Bonchev–Trinajstić information content (AvgIpc) is 2.96. The number of nitrogens with zero attached hydrogens (tertiary/aromatic N) is 2. The molecule has 1 aromatic carbocycles. The lowest BCUT2D eigenvalue weighted by Crippen LogP contribution is -2.07. The molecule has 0 fully saturated rings. The predicted molar refractivity (Wildman–Crippen MR) is 61.8 cm³/mol. The Morgan fingerprint density at radius 2 is 2.18 bits per heavy atom. The maximum atomic E-state index is 5.63. The Morgan fingerprint density at radius 1 is 1.29 bits per heavy atom. The van der Waals surface area contributed by atoms with Crippen LogP contribution in [-0.4, -0.2) is 16.3 Å². The van der Waals surface area contributed by atoms with Crippen molar-refractivity contribution in [2.24, 2.45) is 5.73 Å². The van der Waals surface area contributed by atoms with Crippen molar-refractivity contribution in [3.8, 4) is 11.5 Å². The second-order valence-corrected chi connectivity index (χ2v) is 3.90. The number of imidazole rings is 1. The summed E-state index contributed by atoms with van der Waals surface area (Å²) >= 11 is 0. The molecule has 0 saturated carbocycles. The number of hydrogen-bond donors (Lipinski definition) is 1. The van der Waals surface area contributed by atoms with Crippen LogP contribution in [0.2, 0.25) is 0 Å². The highest BCUT2D eigenvalue weighted by molar-refractivity contribution is 5.44. The quantitative estimate of drug-likeness (QED) is 0.859. The molecule has 0 radical (unpaired) electrons. The standard InChI is InChI=1S/C12H13N3O2/c13-4-10-5-14-7-15(10)6-9-1-2-11-12(3-9)17-8-16-11/h1-3,5,7H,4,6,8,13H2. The van der Waals surface area contributed by atoms with Crippen molar-refractivity contribution in [1.29, 1.82) is 0 Å². The van der Waals surface area contributed by atoms with Gasteiger partial charge in [-0.1, -0.05) is 6.07 Å². The van der Waals surface area contributed by atoms with Crippen molar-refractivity contribution >= 4 is 0 Å².